The van der Waals surface area contributed by atoms with Crippen molar-refractivity contribution in [1.29, 1.82) is 0 Å². The van der Waals surface area contributed by atoms with E-state index in [0.717, 1.165) is 17.4 Å². The average molecular weight is 248 g/mol. The molecule has 4 nitrogen and oxygen atoms in total. The molecule has 18 heavy (non-hydrogen) atoms. The minimum Gasteiger partial charge on any atom is -0.508 e. The van der Waals surface area contributed by atoms with Gasteiger partial charge in [0.1, 0.15) is 11.5 Å². The first-order valence-corrected chi connectivity index (χ1v) is 5.55. The molecule has 1 rings (SSSR count). The number of carbonyl (C=O) groups excluding carboxylic acids is 1. The Kier molecular flexibility index (Phi) is 5.51. The molecule has 1 N–H and O–H groups in total. The zero-order valence-corrected chi connectivity index (χ0v) is 10.4. The zero-order chi connectivity index (χ0) is 13.4. The summed E-state index contributed by atoms with van der Waals surface area (Å²) in [7, 11) is 1.60. The molecule has 4 heteroatoms. The van der Waals surface area contributed by atoms with Crippen molar-refractivity contribution < 1.29 is 19.4 Å². The fourth-order valence-electron chi connectivity index (χ4n) is 1.25. The largest absolute Gasteiger partial charge is 0.508 e. The van der Waals surface area contributed by atoms with Gasteiger partial charge in [0.05, 0.1) is 19.8 Å². The molecule has 1 aromatic rings. The molecule has 0 aliphatic carbocycles. The molecule has 0 saturated heterocycles. The monoisotopic (exact) mass is 248 g/mol. The number of carbonyl (C=O) groups is 1. The lowest BCUT2D eigenvalue weighted by Crippen LogP contribution is -2.00. The third-order valence-corrected chi connectivity index (χ3v) is 2.11. The number of aliphatic hydroxyl groups excluding tert-OH is 1. The summed E-state index contributed by atoms with van der Waals surface area (Å²) in [5.41, 5.74) is 0.889. The number of aliphatic hydroxyl groups is 1. The van der Waals surface area contributed by atoms with Crippen LogP contribution in [0.2, 0.25) is 0 Å². The van der Waals surface area contributed by atoms with Crippen LogP contribution in [0, 0.1) is 0 Å². The number of ether oxygens (including phenoxy) is 2. The molecular formula is C14H16O4. The Morgan fingerprint density at radius 1 is 1.33 bits per heavy atom. The average Bonchev–Trinajstić information content (AvgIpc) is 2.37. The van der Waals surface area contributed by atoms with Crippen LogP contribution in [0.3, 0.4) is 0 Å². The lowest BCUT2D eigenvalue weighted by Gasteiger charge is -1.99. The van der Waals surface area contributed by atoms with E-state index in [1.54, 1.807) is 20.1 Å². The van der Waals surface area contributed by atoms with Crippen LogP contribution >= 0.6 is 0 Å². The fraction of sp³-hybridized carbons (Fsp3) is 0.214. The summed E-state index contributed by atoms with van der Waals surface area (Å²) < 4.78 is 9.70. The highest BCUT2D eigenvalue weighted by molar-refractivity contribution is 5.83. The molecule has 0 unspecified atom stereocenters. The molecule has 0 aliphatic heterocycles. The van der Waals surface area contributed by atoms with Crippen molar-refractivity contribution in [2.24, 2.45) is 0 Å². The number of hydrogen-bond donors (Lipinski definition) is 1. The first kappa shape index (κ1) is 13.8. The Hall–Kier alpha value is -2.23. The zero-order valence-electron chi connectivity index (χ0n) is 10.4. The van der Waals surface area contributed by atoms with Gasteiger partial charge in [0.2, 0.25) is 0 Å². The molecule has 1 aromatic carbocycles. The summed E-state index contributed by atoms with van der Waals surface area (Å²) in [6.45, 7) is 1.99. The maximum absolute atomic E-state index is 11.0. The molecular weight excluding hydrogens is 232 g/mol. The van der Waals surface area contributed by atoms with Crippen molar-refractivity contribution >= 4 is 12.0 Å². The number of methoxy groups -OCH3 is 1. The summed E-state index contributed by atoms with van der Waals surface area (Å²) in [5, 5.41) is 9.46. The van der Waals surface area contributed by atoms with Crippen molar-refractivity contribution in [1.82, 2.24) is 0 Å². The van der Waals surface area contributed by atoms with Crippen LogP contribution in [0.4, 0.5) is 0 Å². The van der Waals surface area contributed by atoms with Gasteiger partial charge in [0.15, 0.2) is 0 Å². The first-order chi connectivity index (χ1) is 8.65. The maximum atomic E-state index is 11.0. The van der Waals surface area contributed by atoms with Gasteiger partial charge in [-0.05, 0) is 30.7 Å². The smallest absolute Gasteiger partial charge is 0.334 e. The number of benzene rings is 1. The quantitative estimate of drug-likeness (QED) is 0.377. The molecule has 96 valence electrons. The number of allylic oxidation sites excluding steroid dienone is 1. The molecule has 0 aromatic heterocycles. The SMILES string of the molecule is CCOC(=O)/C=C(O)/C=C/c1ccc(OC)cc1. The van der Waals surface area contributed by atoms with Gasteiger partial charge in [-0.1, -0.05) is 18.2 Å². The molecule has 0 heterocycles. The Bertz CT molecular complexity index is 443. The molecule has 0 fully saturated rings. The van der Waals surface area contributed by atoms with Gasteiger partial charge in [0.25, 0.3) is 0 Å². The highest BCUT2D eigenvalue weighted by Gasteiger charge is 1.97. The Labute approximate surface area is 106 Å². The summed E-state index contributed by atoms with van der Waals surface area (Å²) in [5.74, 6) is 0.0529. The lowest BCUT2D eigenvalue weighted by atomic mass is 10.2. The summed E-state index contributed by atoms with van der Waals surface area (Å²) in [4.78, 5) is 11.0. The van der Waals surface area contributed by atoms with Gasteiger partial charge < -0.3 is 14.6 Å². The van der Waals surface area contributed by atoms with Crippen LogP contribution < -0.4 is 4.74 Å². The van der Waals surface area contributed by atoms with Crippen molar-refractivity contribution in [3.8, 4) is 5.75 Å². The first-order valence-electron chi connectivity index (χ1n) is 5.55. The second-order valence-corrected chi connectivity index (χ2v) is 3.43. The van der Waals surface area contributed by atoms with Crippen molar-refractivity contribution in [2.45, 2.75) is 6.92 Å². The third kappa shape index (κ3) is 4.74. The topological polar surface area (TPSA) is 55.8 Å². The predicted octanol–water partition coefficient (Wildman–Crippen LogP) is 2.71. The minimum absolute atomic E-state index is 0.149. The molecule has 0 radical (unpaired) electrons. The van der Waals surface area contributed by atoms with E-state index in [1.165, 1.54) is 6.08 Å². The Morgan fingerprint density at radius 3 is 2.56 bits per heavy atom. The number of hydrogen-bond acceptors (Lipinski definition) is 4. The molecule has 0 atom stereocenters. The highest BCUT2D eigenvalue weighted by atomic mass is 16.5. The van der Waals surface area contributed by atoms with Gasteiger partial charge >= 0.3 is 5.97 Å². The van der Waals surface area contributed by atoms with Crippen LogP contribution in [0.5, 0.6) is 5.75 Å². The summed E-state index contributed by atoms with van der Waals surface area (Å²) in [6, 6.07) is 7.30. The fourth-order valence-corrected chi connectivity index (χ4v) is 1.25. The maximum Gasteiger partial charge on any atom is 0.334 e. The molecule has 0 bridgehead atoms. The van der Waals surface area contributed by atoms with Crippen molar-refractivity contribution in [2.75, 3.05) is 13.7 Å². The van der Waals surface area contributed by atoms with Crippen LogP contribution in [-0.4, -0.2) is 24.8 Å². The summed E-state index contributed by atoms with van der Waals surface area (Å²) in [6.07, 6.45) is 4.15. The van der Waals surface area contributed by atoms with E-state index in [0.29, 0.717) is 0 Å². The van der Waals surface area contributed by atoms with Crippen molar-refractivity contribution in [3.05, 3.63) is 47.7 Å². The normalized spacial score (nSPS) is 11.6. The van der Waals surface area contributed by atoms with Crippen LogP contribution in [0.1, 0.15) is 12.5 Å². The van der Waals surface area contributed by atoms with E-state index >= 15 is 0 Å². The molecule has 0 amide bonds. The lowest BCUT2D eigenvalue weighted by molar-refractivity contribution is -0.137. The van der Waals surface area contributed by atoms with E-state index in [2.05, 4.69) is 4.74 Å². The van der Waals surface area contributed by atoms with Gasteiger partial charge in [-0.3, -0.25) is 0 Å². The van der Waals surface area contributed by atoms with Crippen molar-refractivity contribution in [3.63, 3.8) is 0 Å². The van der Waals surface area contributed by atoms with E-state index in [-0.39, 0.29) is 12.4 Å². The Balaban J connectivity index is 2.64. The minimum atomic E-state index is -0.561. The standard InChI is InChI=1S/C14H16O4/c1-3-18-14(16)10-12(15)7-4-11-5-8-13(17-2)9-6-11/h4-10,15H,3H2,1-2H3/b7-4+,12-10-. The molecule has 0 saturated carbocycles. The molecule has 0 aliphatic rings. The molecule has 0 spiro atoms. The predicted molar refractivity (Wildman–Crippen MR) is 69.4 cm³/mol. The van der Waals surface area contributed by atoms with Gasteiger partial charge in [-0.25, -0.2) is 4.79 Å². The third-order valence-electron chi connectivity index (χ3n) is 2.11. The van der Waals surface area contributed by atoms with E-state index in [4.69, 9.17) is 4.74 Å². The van der Waals surface area contributed by atoms with E-state index in [9.17, 15) is 9.90 Å². The summed E-state index contributed by atoms with van der Waals surface area (Å²) >= 11 is 0. The van der Waals surface area contributed by atoms with Gasteiger partial charge in [0, 0.05) is 0 Å². The number of esters is 1. The van der Waals surface area contributed by atoms with Gasteiger partial charge in [-0.15, -0.1) is 0 Å². The van der Waals surface area contributed by atoms with Crippen LogP contribution in [-0.2, 0) is 9.53 Å². The second-order valence-electron chi connectivity index (χ2n) is 3.43. The van der Waals surface area contributed by atoms with E-state index in [1.807, 2.05) is 24.3 Å². The van der Waals surface area contributed by atoms with Crippen LogP contribution in [0.25, 0.3) is 6.08 Å². The Morgan fingerprint density at radius 2 is 2.00 bits per heavy atom. The van der Waals surface area contributed by atoms with E-state index < -0.39 is 5.97 Å². The highest BCUT2D eigenvalue weighted by Crippen LogP contribution is 2.12. The second kappa shape index (κ2) is 7.17. The number of rotatable bonds is 5. The van der Waals surface area contributed by atoms with Gasteiger partial charge in [-0.2, -0.15) is 0 Å². The van der Waals surface area contributed by atoms with Crippen LogP contribution in [0.15, 0.2) is 42.2 Å².